The van der Waals surface area contributed by atoms with Gasteiger partial charge in [0.2, 0.25) is 5.91 Å². The van der Waals surface area contributed by atoms with Gasteiger partial charge in [-0.2, -0.15) is 5.10 Å². The molecule has 2 aliphatic heterocycles. The van der Waals surface area contributed by atoms with Crippen molar-refractivity contribution in [1.82, 2.24) is 19.6 Å². The van der Waals surface area contributed by atoms with E-state index in [4.69, 9.17) is 16.3 Å². The molecule has 0 radical (unpaired) electrons. The molecular formula is C22H27ClN4O3. The molecule has 2 aromatic rings. The lowest BCUT2D eigenvalue weighted by Gasteiger charge is -2.39. The molecule has 4 rings (SSSR count). The Bertz CT molecular complexity index is 913. The van der Waals surface area contributed by atoms with Gasteiger partial charge in [0.25, 0.3) is 5.91 Å². The van der Waals surface area contributed by atoms with E-state index in [1.807, 2.05) is 36.9 Å². The molecule has 2 fully saturated rings. The Morgan fingerprint density at radius 2 is 1.70 bits per heavy atom. The van der Waals surface area contributed by atoms with Crippen molar-refractivity contribution in [2.24, 2.45) is 5.92 Å². The van der Waals surface area contributed by atoms with Crippen LogP contribution < -0.4 is 0 Å². The molecule has 2 atom stereocenters. The van der Waals surface area contributed by atoms with Crippen molar-refractivity contribution < 1.29 is 14.3 Å². The Kier molecular flexibility index (Phi) is 6.11. The number of nitrogens with zero attached hydrogens (tertiary/aromatic N) is 4. The predicted molar refractivity (Wildman–Crippen MR) is 114 cm³/mol. The van der Waals surface area contributed by atoms with Crippen LogP contribution in [0.3, 0.4) is 0 Å². The summed E-state index contributed by atoms with van der Waals surface area (Å²) < 4.78 is 7.35. The fourth-order valence-corrected chi connectivity index (χ4v) is 4.54. The van der Waals surface area contributed by atoms with Crippen LogP contribution in [0, 0.1) is 5.92 Å². The Balaban J connectivity index is 1.36. The van der Waals surface area contributed by atoms with Gasteiger partial charge in [0.1, 0.15) is 0 Å². The van der Waals surface area contributed by atoms with Crippen LogP contribution in [0.1, 0.15) is 37.2 Å². The number of halogens is 1. The molecule has 0 aliphatic carbocycles. The maximum Gasteiger partial charge on any atom is 0.274 e. The largest absolute Gasteiger partial charge is 0.372 e. The van der Waals surface area contributed by atoms with Gasteiger partial charge in [-0.15, -0.1) is 0 Å². The lowest BCUT2D eigenvalue weighted by atomic mass is 9.94. The Hall–Kier alpha value is -2.38. The molecular weight excluding hydrogens is 404 g/mol. The summed E-state index contributed by atoms with van der Waals surface area (Å²) in [5, 5.41) is 4.99. The minimum Gasteiger partial charge on any atom is -0.372 e. The third kappa shape index (κ3) is 4.37. The van der Waals surface area contributed by atoms with Crippen LogP contribution in [-0.2, 0) is 9.53 Å². The number of piperidine rings is 1. The molecule has 2 amide bonds. The monoisotopic (exact) mass is 430 g/mol. The first-order valence-electron chi connectivity index (χ1n) is 10.5. The summed E-state index contributed by atoms with van der Waals surface area (Å²) in [6.45, 7) is 6.40. The number of benzene rings is 1. The molecule has 2 unspecified atom stereocenters. The highest BCUT2D eigenvalue weighted by atomic mass is 35.5. The van der Waals surface area contributed by atoms with Crippen LogP contribution >= 0.6 is 11.6 Å². The second kappa shape index (κ2) is 8.78. The number of carbonyl (C=O) groups excluding carboxylic acids is 2. The zero-order chi connectivity index (χ0) is 21.3. The lowest BCUT2D eigenvalue weighted by Crippen LogP contribution is -2.51. The number of carbonyl (C=O) groups is 2. The van der Waals surface area contributed by atoms with Crippen molar-refractivity contribution in [3.8, 4) is 5.69 Å². The molecule has 0 bridgehead atoms. The first-order valence-corrected chi connectivity index (χ1v) is 10.8. The maximum atomic E-state index is 12.9. The molecule has 0 N–H and O–H groups in total. The number of aromatic nitrogens is 2. The molecule has 8 heteroatoms. The van der Waals surface area contributed by atoms with Gasteiger partial charge in [0, 0.05) is 38.3 Å². The van der Waals surface area contributed by atoms with E-state index in [0.29, 0.717) is 49.7 Å². The van der Waals surface area contributed by atoms with E-state index >= 15 is 0 Å². The van der Waals surface area contributed by atoms with Gasteiger partial charge in [0.05, 0.1) is 22.9 Å². The summed E-state index contributed by atoms with van der Waals surface area (Å²) in [6.07, 6.45) is 3.22. The zero-order valence-electron chi connectivity index (χ0n) is 17.3. The van der Waals surface area contributed by atoms with E-state index in [2.05, 4.69) is 5.10 Å². The molecule has 160 valence electrons. The summed E-state index contributed by atoms with van der Waals surface area (Å²) in [7, 11) is 0. The van der Waals surface area contributed by atoms with Crippen LogP contribution in [0.4, 0.5) is 0 Å². The van der Waals surface area contributed by atoms with Crippen LogP contribution in [0.2, 0.25) is 5.02 Å². The molecule has 2 aliphatic rings. The number of morpholine rings is 1. The summed E-state index contributed by atoms with van der Waals surface area (Å²) >= 11 is 6.22. The van der Waals surface area contributed by atoms with Gasteiger partial charge >= 0.3 is 0 Å². The fraction of sp³-hybridized carbons (Fsp3) is 0.500. The molecule has 1 aromatic heterocycles. The molecule has 3 heterocycles. The molecule has 0 spiro atoms. The summed E-state index contributed by atoms with van der Waals surface area (Å²) in [5.41, 5.74) is 1.12. The summed E-state index contributed by atoms with van der Waals surface area (Å²) in [5.74, 6) is 0.0413. The molecule has 7 nitrogen and oxygen atoms in total. The average Bonchev–Trinajstić information content (AvgIpc) is 3.22. The van der Waals surface area contributed by atoms with Crippen LogP contribution in [0.15, 0.2) is 36.5 Å². The second-order valence-electron chi connectivity index (χ2n) is 8.16. The van der Waals surface area contributed by atoms with Gasteiger partial charge in [-0.05, 0) is 44.9 Å². The first-order chi connectivity index (χ1) is 14.4. The van der Waals surface area contributed by atoms with Crippen LogP contribution in [0.5, 0.6) is 0 Å². The Morgan fingerprint density at radius 1 is 1.03 bits per heavy atom. The third-order valence-electron chi connectivity index (χ3n) is 5.77. The maximum absolute atomic E-state index is 12.9. The zero-order valence-corrected chi connectivity index (χ0v) is 18.1. The van der Waals surface area contributed by atoms with E-state index in [0.717, 1.165) is 5.69 Å². The highest BCUT2D eigenvalue weighted by Crippen LogP contribution is 2.24. The van der Waals surface area contributed by atoms with E-state index in [9.17, 15) is 9.59 Å². The number of amides is 2. The topological polar surface area (TPSA) is 67.7 Å². The van der Waals surface area contributed by atoms with Crippen molar-refractivity contribution in [3.63, 3.8) is 0 Å². The van der Waals surface area contributed by atoms with E-state index in [1.165, 1.54) is 0 Å². The number of para-hydroxylation sites is 1. The van der Waals surface area contributed by atoms with Gasteiger partial charge in [0.15, 0.2) is 5.69 Å². The van der Waals surface area contributed by atoms with E-state index < -0.39 is 0 Å². The number of likely N-dealkylation sites (tertiary alicyclic amines) is 1. The number of hydrogen-bond acceptors (Lipinski definition) is 4. The normalized spacial score (nSPS) is 22.9. The highest BCUT2D eigenvalue weighted by molar-refractivity contribution is 6.32. The van der Waals surface area contributed by atoms with Crippen LogP contribution in [0.25, 0.3) is 5.69 Å². The van der Waals surface area contributed by atoms with Gasteiger partial charge < -0.3 is 14.5 Å². The molecule has 0 saturated carbocycles. The highest BCUT2D eigenvalue weighted by Gasteiger charge is 2.34. The van der Waals surface area contributed by atoms with Crippen molar-refractivity contribution in [2.75, 3.05) is 26.2 Å². The summed E-state index contributed by atoms with van der Waals surface area (Å²) in [4.78, 5) is 29.5. The first kappa shape index (κ1) is 20.9. The minimum atomic E-state index is -0.111. The van der Waals surface area contributed by atoms with E-state index in [1.54, 1.807) is 27.9 Å². The third-order valence-corrected chi connectivity index (χ3v) is 6.09. The second-order valence-corrected chi connectivity index (χ2v) is 8.57. The van der Waals surface area contributed by atoms with Gasteiger partial charge in [-0.25, -0.2) is 4.68 Å². The SMILES string of the molecule is CC1CN(C(=O)C2CCN(C(=O)c3ccn(-c4ccccc4Cl)n3)CC2)CC(C)O1. The standard InChI is InChI=1S/C22H27ClN4O3/c1-15-13-26(14-16(2)30-15)21(28)17-7-10-25(11-8-17)22(29)19-9-12-27(24-19)20-6-4-3-5-18(20)23/h3-6,9,12,15-17H,7-8,10-11,13-14H2,1-2H3. The Morgan fingerprint density at radius 3 is 2.37 bits per heavy atom. The molecule has 30 heavy (non-hydrogen) atoms. The predicted octanol–water partition coefficient (Wildman–Crippen LogP) is 3.01. The van der Waals surface area contributed by atoms with Crippen molar-refractivity contribution in [2.45, 2.75) is 38.9 Å². The van der Waals surface area contributed by atoms with Gasteiger partial charge in [-0.1, -0.05) is 23.7 Å². The molecule has 2 saturated heterocycles. The number of ether oxygens (including phenoxy) is 1. The Labute approximate surface area is 181 Å². The van der Waals surface area contributed by atoms with Crippen molar-refractivity contribution >= 4 is 23.4 Å². The number of rotatable bonds is 3. The fourth-order valence-electron chi connectivity index (χ4n) is 4.32. The van der Waals surface area contributed by atoms with Gasteiger partial charge in [-0.3, -0.25) is 9.59 Å². The average molecular weight is 431 g/mol. The number of hydrogen-bond donors (Lipinski definition) is 0. The van der Waals surface area contributed by atoms with E-state index in [-0.39, 0.29) is 29.9 Å². The van der Waals surface area contributed by atoms with Crippen LogP contribution in [-0.4, -0.2) is 69.8 Å². The lowest BCUT2D eigenvalue weighted by molar-refractivity contribution is -0.148. The minimum absolute atomic E-state index is 0.0350. The quantitative estimate of drug-likeness (QED) is 0.750. The van der Waals surface area contributed by atoms with Crippen molar-refractivity contribution in [1.29, 1.82) is 0 Å². The summed E-state index contributed by atoms with van der Waals surface area (Å²) in [6, 6.07) is 9.08. The molecule has 1 aromatic carbocycles. The smallest absolute Gasteiger partial charge is 0.274 e. The van der Waals surface area contributed by atoms with Crippen molar-refractivity contribution in [3.05, 3.63) is 47.2 Å².